The second-order valence-corrected chi connectivity index (χ2v) is 30.9. The van der Waals surface area contributed by atoms with E-state index in [1.165, 1.54) is 0 Å². The van der Waals surface area contributed by atoms with Gasteiger partial charge >= 0.3 is 0 Å². The van der Waals surface area contributed by atoms with Crippen LogP contribution >= 0.6 is 0 Å². The normalized spacial score (nSPS) is 12.4. The van der Waals surface area contributed by atoms with Crippen molar-refractivity contribution in [1.29, 1.82) is 0 Å². The second-order valence-electron chi connectivity index (χ2n) is 30.9. The van der Waals surface area contributed by atoms with Crippen molar-refractivity contribution < 1.29 is 108 Å². The van der Waals surface area contributed by atoms with E-state index in [0.717, 1.165) is 135 Å². The van der Waals surface area contributed by atoms with E-state index < -0.39 is 0 Å². The largest absolute Gasteiger partial charge is 0.509 e. The first-order valence-electron chi connectivity index (χ1n) is 42.5. The second kappa shape index (κ2) is 41.7. The Labute approximate surface area is 841 Å². The molecule has 4 aliphatic heterocycles. The van der Waals surface area contributed by atoms with Crippen LogP contribution in [-0.2, 0) is 84.3 Å². The van der Waals surface area contributed by atoms with Crippen LogP contribution < -0.4 is 62.9 Å². The summed E-state index contributed by atoms with van der Waals surface area (Å²) in [4.78, 5) is 34.6. The molecule has 0 radical (unpaired) electrons. The van der Waals surface area contributed by atoms with Crippen LogP contribution in [0.15, 0.2) is 377 Å². The van der Waals surface area contributed by atoms with Crippen molar-refractivity contribution in [1.82, 2.24) is 29.1 Å². The van der Waals surface area contributed by atoms with Crippen molar-refractivity contribution in [2.45, 2.75) is 0 Å². The van der Waals surface area contributed by atoms with E-state index in [-0.39, 0.29) is 84.3 Å². The Morgan fingerprint density at radius 1 is 0.230 bits per heavy atom. The first-order valence-corrected chi connectivity index (χ1v) is 42.5. The number of nitrogens with zero attached hydrogens (tertiary/aromatic N) is 14. The van der Waals surface area contributed by atoms with Crippen LogP contribution in [0.4, 0.5) is 68.2 Å². The van der Waals surface area contributed by atoms with Crippen LogP contribution in [0.3, 0.4) is 0 Å². The monoisotopic (exact) mass is 2480 g/mol. The number of para-hydroxylation sites is 10. The summed E-state index contributed by atoms with van der Waals surface area (Å²) in [5.41, 5.74) is 19.3. The Kier molecular flexibility index (Phi) is 28.5. The predicted molar refractivity (Wildman–Crippen MR) is 519 cm³/mol. The standard InChI is InChI=1S/2C31H21N4O.C25H18N3O2.C25H18N3O.4Pt/c1-33-21-34(30-17-5-4-16-29(30)33)22-9-6-11-24(19-22)36-25-12-7-10-23(20-25)35-28-15-3-2-13-26(28)27-14-8-18-32-31(27)35;1-33-21-34(29-14-5-4-13-28(29)33)22-9-8-10-23(19-22)36-24-16-17-26-25-11-2-3-12-27(25)35(30(26)20-24)31-15-6-7-18-32-31;1-27-18-28(24-13-3-2-12-23(24)27)19-8-6-9-20(16-19)29-21-10-7-11-22(17-21)30-25-14-4-5-15-26-25;1-27-18-28(25-14-3-2-13-24(25)27)20-9-7-11-22(17-20)29-21-10-6-8-19(16-21)23-12-4-5-15-26-23;;;;/h2*2-18,21H,1H3;2-15,18H,1H3;2-15,18H,1H3;;;;/q4*-3;;;;. The maximum absolute atomic E-state index is 6.29. The Balaban J connectivity index is 0.000000124. The summed E-state index contributed by atoms with van der Waals surface area (Å²) in [5, 5.41) is 4.53. The van der Waals surface area contributed by atoms with Gasteiger partial charge in [-0.15, -0.1) is 167 Å². The zero-order valence-electron chi connectivity index (χ0n) is 72.7. The number of aromatic nitrogens is 6. The van der Waals surface area contributed by atoms with Crippen LogP contribution in [0.1, 0.15) is 0 Å². The fourth-order valence-electron chi connectivity index (χ4n) is 16.4. The summed E-state index contributed by atoms with van der Waals surface area (Å²) in [5.74, 6) is 6.78. The molecule has 0 spiro atoms. The molecular weight excluding hydrogens is 2400 g/mol. The molecule has 0 atom stereocenters. The summed E-state index contributed by atoms with van der Waals surface area (Å²) >= 11 is 0. The molecule has 24 rings (SSSR count). The molecular formula is C112H78N14O5Pt4-12. The average Bonchev–Trinajstić information content (AvgIpc) is 1.59. The zero-order chi connectivity index (χ0) is 88.1. The molecule has 0 saturated carbocycles. The fourth-order valence-corrected chi connectivity index (χ4v) is 16.4. The van der Waals surface area contributed by atoms with Gasteiger partial charge in [0, 0.05) is 229 Å². The molecule has 6 aromatic heterocycles. The number of pyridine rings is 4. The topological polar surface area (TPSA) is 133 Å². The minimum Gasteiger partial charge on any atom is -0.509 e. The molecule has 4 aliphatic rings. The molecule has 0 saturated heterocycles. The van der Waals surface area contributed by atoms with Crippen molar-refractivity contribution in [3.8, 4) is 80.4 Å². The van der Waals surface area contributed by atoms with Crippen LogP contribution in [-0.4, -0.2) is 57.3 Å². The van der Waals surface area contributed by atoms with Crippen LogP contribution in [0.5, 0.6) is 57.6 Å². The van der Waals surface area contributed by atoms with Crippen LogP contribution in [0.2, 0.25) is 0 Å². The molecule has 0 fully saturated rings. The third kappa shape index (κ3) is 19.7. The van der Waals surface area contributed by atoms with Gasteiger partial charge in [-0.25, -0.2) is 15.0 Å². The Hall–Kier alpha value is -14.6. The summed E-state index contributed by atoms with van der Waals surface area (Å²) in [6.45, 7) is 8.20. The molecule has 0 N–H and O–H groups in total. The number of rotatable bonds is 17. The number of ether oxygens (including phenoxy) is 5. The van der Waals surface area contributed by atoms with E-state index in [4.69, 9.17) is 23.7 Å². The Morgan fingerprint density at radius 2 is 0.570 bits per heavy atom. The summed E-state index contributed by atoms with van der Waals surface area (Å²) in [7, 11) is 8.16. The van der Waals surface area contributed by atoms with Gasteiger partial charge in [-0.3, -0.25) is 0 Å². The maximum Gasteiger partial charge on any atom is 0.216 e. The van der Waals surface area contributed by atoms with Gasteiger partial charge in [-0.1, -0.05) is 133 Å². The molecule has 19 nitrogen and oxygen atoms in total. The molecule has 0 unspecified atom stereocenters. The third-order valence-electron chi connectivity index (χ3n) is 22.3. The molecule has 14 aromatic carbocycles. The molecule has 678 valence electrons. The van der Waals surface area contributed by atoms with Gasteiger partial charge in [0.1, 0.15) is 11.5 Å². The van der Waals surface area contributed by atoms with Crippen molar-refractivity contribution in [3.05, 3.63) is 452 Å². The van der Waals surface area contributed by atoms with E-state index in [9.17, 15) is 0 Å². The van der Waals surface area contributed by atoms with E-state index in [2.05, 4.69) is 227 Å². The number of anilines is 12. The molecule has 23 heteroatoms. The van der Waals surface area contributed by atoms with E-state index in [1.807, 2.05) is 303 Å². The number of benzene rings is 14. The first-order chi connectivity index (χ1) is 64.6. The Morgan fingerprint density at radius 3 is 1.01 bits per heavy atom. The van der Waals surface area contributed by atoms with Gasteiger partial charge in [0.2, 0.25) is 5.88 Å². The fraction of sp³-hybridized carbons (Fsp3) is 0.0357. The van der Waals surface area contributed by atoms with Crippen molar-refractivity contribution in [2.75, 3.05) is 67.4 Å². The smallest absolute Gasteiger partial charge is 0.216 e. The minimum atomic E-state index is 0. The summed E-state index contributed by atoms with van der Waals surface area (Å²) in [6.07, 6.45) is 7.08. The molecule has 0 aliphatic carbocycles. The summed E-state index contributed by atoms with van der Waals surface area (Å²) < 4.78 is 34.6. The van der Waals surface area contributed by atoms with Crippen molar-refractivity contribution in [3.63, 3.8) is 0 Å². The molecule has 0 amide bonds. The quantitative estimate of drug-likeness (QED) is 0.0800. The van der Waals surface area contributed by atoms with E-state index in [1.54, 1.807) is 18.5 Å². The van der Waals surface area contributed by atoms with Gasteiger partial charge < -0.3 is 77.0 Å². The molecule has 135 heavy (non-hydrogen) atoms. The van der Waals surface area contributed by atoms with E-state index >= 15 is 0 Å². The minimum absolute atomic E-state index is 0. The molecule has 0 bridgehead atoms. The van der Waals surface area contributed by atoms with Crippen LogP contribution in [0, 0.1) is 75.2 Å². The number of hydrogen-bond donors (Lipinski definition) is 0. The number of fused-ring (bicyclic) bond motifs is 10. The van der Waals surface area contributed by atoms with Gasteiger partial charge in [-0.05, 0) is 136 Å². The predicted octanol–water partition coefficient (Wildman–Crippen LogP) is 26.4. The van der Waals surface area contributed by atoms with Crippen LogP contribution in [0.25, 0.3) is 66.5 Å². The zero-order valence-corrected chi connectivity index (χ0v) is 81.8. The van der Waals surface area contributed by atoms with Gasteiger partial charge in [0.15, 0.2) is 0 Å². The van der Waals surface area contributed by atoms with Gasteiger partial charge in [0.25, 0.3) is 0 Å². The van der Waals surface area contributed by atoms with Gasteiger partial charge in [-0.2, -0.15) is 69.1 Å². The van der Waals surface area contributed by atoms with E-state index in [0.29, 0.717) is 57.6 Å². The van der Waals surface area contributed by atoms with Crippen molar-refractivity contribution in [2.24, 2.45) is 0 Å². The van der Waals surface area contributed by atoms with Gasteiger partial charge in [0.05, 0.1) is 5.52 Å². The SMILES string of the molecule is CN1[CH-]N(c2[c-]c(Oc3[c-]c(-c4ccccn4)ccc3)ccc2)c2ccccc21.CN1[CH-]N(c2[c-]c(Oc3[c-]c(-n4c5ccccc5c5cccnc54)ccc3)ccc2)c2ccccc21.CN1[CH-]N(c2[c-]c(Oc3[c-]c(Oc4ccccn4)ccc3)ccc2)c2ccccc21.CN1[CH-]N(c2[c-]c(Oc3[c-]c4c(cc3)c3ccccc3n4-c3ccccn3)ccc2)c2ccccc21.[Pt].[Pt].[Pt].[Pt]. The van der Waals surface area contributed by atoms with Crippen molar-refractivity contribution >= 4 is 112 Å². The molecule has 20 aromatic rings. The number of hydrogen-bond acceptors (Lipinski definition) is 17. The summed E-state index contributed by atoms with van der Waals surface area (Å²) in [6, 6.07) is 143. The maximum atomic E-state index is 6.29. The first kappa shape index (κ1) is 92.3. The third-order valence-corrected chi connectivity index (χ3v) is 22.3. The average molecular weight is 2480 g/mol. The Bertz CT molecular complexity index is 7500. The molecule has 10 heterocycles.